The lowest BCUT2D eigenvalue weighted by Crippen LogP contribution is -2.50. The summed E-state index contributed by atoms with van der Waals surface area (Å²) in [5.41, 5.74) is 3.04. The molecule has 5 rings (SSSR count). The maximum absolute atomic E-state index is 12.7. The number of esters is 1. The molecule has 0 amide bonds. The van der Waals surface area contributed by atoms with Gasteiger partial charge in [-0.3, -0.25) is 0 Å². The van der Waals surface area contributed by atoms with Gasteiger partial charge in [0.25, 0.3) is 0 Å². The Bertz CT molecular complexity index is 967. The van der Waals surface area contributed by atoms with Crippen LogP contribution in [0.15, 0.2) is 35.9 Å². The molecule has 3 heteroatoms. The van der Waals surface area contributed by atoms with E-state index in [0.717, 1.165) is 42.9 Å². The Hall–Kier alpha value is -1.28. The van der Waals surface area contributed by atoms with Crippen molar-refractivity contribution in [2.75, 3.05) is 0 Å². The van der Waals surface area contributed by atoms with Crippen molar-refractivity contribution in [3.8, 4) is 0 Å². The molecule has 3 saturated carbocycles. The highest BCUT2D eigenvalue weighted by Gasteiger charge is 2.58. The van der Waals surface area contributed by atoms with Crippen molar-refractivity contribution in [2.24, 2.45) is 34.5 Å². The number of rotatable bonds is 9. The first-order valence-corrected chi connectivity index (χ1v) is 15.9. The van der Waals surface area contributed by atoms with Gasteiger partial charge in [-0.05, 0) is 110 Å². The number of carbonyl (C=O) groups is 1. The molecule has 0 saturated heterocycles. The minimum absolute atomic E-state index is 0.00102. The van der Waals surface area contributed by atoms with Crippen LogP contribution in [0.1, 0.15) is 127 Å². The number of fused-ring (bicyclic) bond motifs is 5. The van der Waals surface area contributed by atoms with Crippen molar-refractivity contribution in [1.29, 1.82) is 0 Å². The molecule has 4 aliphatic carbocycles. The van der Waals surface area contributed by atoms with Crippen molar-refractivity contribution < 1.29 is 9.53 Å². The number of ether oxygens (including phenoxy) is 1. The van der Waals surface area contributed by atoms with Gasteiger partial charge in [0.15, 0.2) is 0 Å². The van der Waals surface area contributed by atoms with Crippen LogP contribution in [0.3, 0.4) is 0 Å². The molecule has 7 atom stereocenters. The zero-order valence-corrected chi connectivity index (χ0v) is 24.3. The smallest absolute Gasteiger partial charge is 0.338 e. The van der Waals surface area contributed by atoms with Crippen LogP contribution in [0.5, 0.6) is 0 Å². The lowest BCUT2D eigenvalue weighted by molar-refractivity contribution is -0.0536. The van der Waals surface area contributed by atoms with Crippen LogP contribution in [0.4, 0.5) is 0 Å². The maximum Gasteiger partial charge on any atom is 0.338 e. The molecule has 0 radical (unpaired) electrons. The fraction of sp³-hybridized carbons (Fsp3) is 0.735. The molecular formula is C34H49ClO2. The third-order valence-corrected chi connectivity index (χ3v) is 11.8. The number of benzene rings is 1. The predicted octanol–water partition coefficient (Wildman–Crippen LogP) is 10.2. The Morgan fingerprint density at radius 3 is 2.49 bits per heavy atom. The summed E-state index contributed by atoms with van der Waals surface area (Å²) < 4.78 is 5.99. The van der Waals surface area contributed by atoms with E-state index in [1.54, 1.807) is 29.8 Å². The number of allylic oxidation sites excluding steroid dienone is 1. The molecule has 204 valence electrons. The van der Waals surface area contributed by atoms with Gasteiger partial charge in [0.1, 0.15) is 6.10 Å². The van der Waals surface area contributed by atoms with Crippen molar-refractivity contribution >= 4 is 17.6 Å². The van der Waals surface area contributed by atoms with Gasteiger partial charge in [0.2, 0.25) is 0 Å². The minimum atomic E-state index is -0.213. The second-order valence-electron chi connectivity index (χ2n) is 13.4. The van der Waals surface area contributed by atoms with E-state index in [-0.39, 0.29) is 12.1 Å². The van der Waals surface area contributed by atoms with Crippen LogP contribution < -0.4 is 0 Å². The van der Waals surface area contributed by atoms with Crippen molar-refractivity contribution in [2.45, 2.75) is 123 Å². The molecule has 4 aliphatic rings. The van der Waals surface area contributed by atoms with Gasteiger partial charge in [-0.2, -0.15) is 0 Å². The van der Waals surface area contributed by atoms with Crippen LogP contribution >= 0.6 is 11.6 Å². The normalized spacial score (nSPS) is 36.8. The summed E-state index contributed by atoms with van der Waals surface area (Å²) in [6.45, 7) is 7.54. The number of carbonyl (C=O) groups excluding carboxylic acids is 1. The lowest BCUT2D eigenvalue weighted by Gasteiger charge is -2.58. The van der Waals surface area contributed by atoms with E-state index in [4.69, 9.17) is 16.3 Å². The first-order valence-electron chi connectivity index (χ1n) is 15.5. The second kappa shape index (κ2) is 11.4. The molecule has 0 aliphatic heterocycles. The van der Waals surface area contributed by atoms with E-state index in [0.29, 0.717) is 21.4 Å². The highest BCUT2D eigenvalue weighted by molar-refractivity contribution is 6.30. The van der Waals surface area contributed by atoms with E-state index in [9.17, 15) is 4.79 Å². The molecule has 2 nitrogen and oxygen atoms in total. The molecule has 0 spiro atoms. The summed E-state index contributed by atoms with van der Waals surface area (Å²) in [5.74, 6) is 3.31. The topological polar surface area (TPSA) is 26.3 Å². The van der Waals surface area contributed by atoms with Crippen LogP contribution in [0.25, 0.3) is 0 Å². The Labute approximate surface area is 231 Å². The van der Waals surface area contributed by atoms with E-state index in [1.165, 1.54) is 77.0 Å². The molecule has 3 fully saturated rings. The third-order valence-electron chi connectivity index (χ3n) is 11.5. The predicted molar refractivity (Wildman–Crippen MR) is 154 cm³/mol. The van der Waals surface area contributed by atoms with E-state index < -0.39 is 0 Å². The molecular weight excluding hydrogens is 476 g/mol. The van der Waals surface area contributed by atoms with Crippen LogP contribution in [0, 0.1) is 34.5 Å². The average Bonchev–Trinajstić information content (AvgIpc) is 3.23. The van der Waals surface area contributed by atoms with Gasteiger partial charge >= 0.3 is 5.97 Å². The number of halogens is 1. The molecule has 37 heavy (non-hydrogen) atoms. The highest BCUT2D eigenvalue weighted by Crippen LogP contribution is 2.66. The lowest BCUT2D eigenvalue weighted by atomic mass is 9.47. The molecule has 0 bridgehead atoms. The SMILES string of the molecule is CCCCCCCC[C@@H]1CC[C@@H]2[C@@H]3CC=C4C[C@@H](OC(=O)c5ccc(Cl)cc5)CC[C@]4(C)[C@@H]3CC[C@]12C. The average molecular weight is 525 g/mol. The van der Waals surface area contributed by atoms with Gasteiger partial charge < -0.3 is 4.74 Å². The molecule has 0 aromatic heterocycles. The Morgan fingerprint density at radius 1 is 0.946 bits per heavy atom. The van der Waals surface area contributed by atoms with E-state index in [2.05, 4.69) is 26.8 Å². The fourth-order valence-corrected chi connectivity index (χ4v) is 9.41. The highest BCUT2D eigenvalue weighted by atomic mass is 35.5. The van der Waals surface area contributed by atoms with Gasteiger partial charge in [-0.1, -0.05) is 82.5 Å². The fourth-order valence-electron chi connectivity index (χ4n) is 9.29. The van der Waals surface area contributed by atoms with Crippen molar-refractivity contribution in [3.05, 3.63) is 46.5 Å². The van der Waals surface area contributed by atoms with E-state index >= 15 is 0 Å². The van der Waals surface area contributed by atoms with Crippen molar-refractivity contribution in [3.63, 3.8) is 0 Å². The zero-order chi connectivity index (χ0) is 26.0. The van der Waals surface area contributed by atoms with Gasteiger partial charge in [-0.15, -0.1) is 0 Å². The summed E-state index contributed by atoms with van der Waals surface area (Å²) in [7, 11) is 0. The van der Waals surface area contributed by atoms with Crippen LogP contribution in [0.2, 0.25) is 5.02 Å². The summed E-state index contributed by atoms with van der Waals surface area (Å²) in [5, 5.41) is 0.645. The minimum Gasteiger partial charge on any atom is -0.458 e. The van der Waals surface area contributed by atoms with Gasteiger partial charge in [0, 0.05) is 11.4 Å². The number of unbranched alkanes of at least 4 members (excludes halogenated alkanes) is 5. The van der Waals surface area contributed by atoms with E-state index in [1.807, 2.05) is 0 Å². The van der Waals surface area contributed by atoms with Crippen LogP contribution in [-0.4, -0.2) is 12.1 Å². The molecule has 0 unspecified atom stereocenters. The molecule has 1 aromatic carbocycles. The number of hydrogen-bond donors (Lipinski definition) is 0. The maximum atomic E-state index is 12.7. The summed E-state index contributed by atoms with van der Waals surface area (Å²) in [4.78, 5) is 12.7. The molecule has 1 aromatic rings. The first-order chi connectivity index (χ1) is 17.8. The van der Waals surface area contributed by atoms with Gasteiger partial charge in [-0.25, -0.2) is 4.79 Å². The molecule has 0 heterocycles. The quantitative estimate of drug-likeness (QED) is 0.182. The molecule has 0 N–H and O–H groups in total. The number of hydrogen-bond acceptors (Lipinski definition) is 2. The summed E-state index contributed by atoms with van der Waals surface area (Å²) in [6, 6.07) is 7.06. The Balaban J connectivity index is 1.20. The Kier molecular flexibility index (Phi) is 8.45. The Morgan fingerprint density at radius 2 is 1.70 bits per heavy atom. The summed E-state index contributed by atoms with van der Waals surface area (Å²) >= 11 is 5.99. The van der Waals surface area contributed by atoms with Crippen molar-refractivity contribution in [1.82, 2.24) is 0 Å². The van der Waals surface area contributed by atoms with Gasteiger partial charge in [0.05, 0.1) is 5.56 Å². The first kappa shape index (κ1) is 27.3. The largest absolute Gasteiger partial charge is 0.458 e. The second-order valence-corrected chi connectivity index (χ2v) is 13.8. The third kappa shape index (κ3) is 5.43. The van der Waals surface area contributed by atoms with Crippen LogP contribution in [-0.2, 0) is 4.74 Å². The standard InChI is InChI=1S/C34H49ClO2/c1-4-5-6-7-8-9-10-25-14-18-30-29-17-13-26-23-28(37-32(36)24-11-15-27(35)16-12-24)19-21-34(26,3)31(29)20-22-33(25,30)2/h11-13,15-16,25,28-31H,4-10,14,17-23H2,1-3H3/t25-,28+,29+,30-,31-,33-,34+/m1/s1. The zero-order valence-electron chi connectivity index (χ0n) is 23.6. The monoisotopic (exact) mass is 524 g/mol. The summed E-state index contributed by atoms with van der Waals surface area (Å²) in [6.07, 6.45) is 22.6.